The lowest BCUT2D eigenvalue weighted by Crippen LogP contribution is -2.28. The molecular weight excluding hydrogens is 283 g/mol. The van der Waals surface area contributed by atoms with Crippen LogP contribution < -0.4 is 5.73 Å². The Labute approximate surface area is 116 Å². The van der Waals surface area contributed by atoms with Crippen LogP contribution in [0.25, 0.3) is 0 Å². The maximum atomic E-state index is 13.7. The quantitative estimate of drug-likeness (QED) is 0.907. The van der Waals surface area contributed by atoms with Crippen LogP contribution in [-0.2, 0) is 4.74 Å². The van der Waals surface area contributed by atoms with E-state index < -0.39 is 17.7 Å². The number of ether oxygens (including phenoxy) is 1. The molecule has 102 valence electrons. The van der Waals surface area contributed by atoms with E-state index in [1.165, 1.54) is 0 Å². The normalized spacial score (nSPS) is 18.2. The first-order valence-corrected chi connectivity index (χ1v) is 5.95. The minimum Gasteiger partial charge on any atom is -0.381 e. The summed E-state index contributed by atoms with van der Waals surface area (Å²) in [6, 6.07) is 1.55. The van der Waals surface area contributed by atoms with E-state index in [1.807, 2.05) is 0 Å². The van der Waals surface area contributed by atoms with Crippen molar-refractivity contribution < 1.29 is 13.5 Å². The second kappa shape index (κ2) is 6.66. The van der Waals surface area contributed by atoms with Gasteiger partial charge in [-0.15, -0.1) is 12.4 Å². The summed E-state index contributed by atoms with van der Waals surface area (Å²) in [5.74, 6) is -1.29. The van der Waals surface area contributed by atoms with Crippen molar-refractivity contribution in [2.24, 2.45) is 11.7 Å². The molecule has 0 aliphatic carbocycles. The van der Waals surface area contributed by atoms with Crippen LogP contribution in [0.2, 0.25) is 5.02 Å². The molecule has 18 heavy (non-hydrogen) atoms. The van der Waals surface area contributed by atoms with Crippen molar-refractivity contribution in [3.05, 3.63) is 34.4 Å². The number of benzene rings is 1. The standard InChI is InChI=1S/C12H14ClF2NO.ClH/c13-8-5-9(14)11(10(15)6-8)12(16)7-1-3-17-4-2-7;/h5-7,12H,1-4,16H2;1H/t12-;/m1./s1. The number of nitrogens with two attached hydrogens (primary N) is 1. The molecule has 0 unspecified atom stereocenters. The Morgan fingerprint density at radius 3 is 2.22 bits per heavy atom. The van der Waals surface area contributed by atoms with Crippen molar-refractivity contribution in [3.8, 4) is 0 Å². The zero-order valence-corrected chi connectivity index (χ0v) is 11.2. The summed E-state index contributed by atoms with van der Waals surface area (Å²) in [6.07, 6.45) is 1.45. The summed E-state index contributed by atoms with van der Waals surface area (Å²) in [7, 11) is 0. The summed E-state index contributed by atoms with van der Waals surface area (Å²) in [5.41, 5.74) is 5.87. The van der Waals surface area contributed by atoms with Gasteiger partial charge in [-0.1, -0.05) is 11.6 Å². The van der Waals surface area contributed by atoms with Crippen LogP contribution in [0.1, 0.15) is 24.4 Å². The number of hydrogen-bond acceptors (Lipinski definition) is 2. The van der Waals surface area contributed by atoms with Crippen LogP contribution in [-0.4, -0.2) is 13.2 Å². The van der Waals surface area contributed by atoms with Crippen LogP contribution in [0, 0.1) is 17.6 Å². The summed E-state index contributed by atoms with van der Waals surface area (Å²) in [6.45, 7) is 1.18. The highest BCUT2D eigenvalue weighted by Gasteiger charge is 2.27. The molecule has 1 aromatic rings. The van der Waals surface area contributed by atoms with Gasteiger partial charge in [0.05, 0.1) is 0 Å². The number of rotatable bonds is 2. The minimum absolute atomic E-state index is 0. The Hall–Kier alpha value is -0.420. The second-order valence-corrected chi connectivity index (χ2v) is 4.70. The average molecular weight is 298 g/mol. The van der Waals surface area contributed by atoms with E-state index in [1.54, 1.807) is 0 Å². The maximum absolute atomic E-state index is 13.7. The van der Waals surface area contributed by atoms with Gasteiger partial charge in [-0.05, 0) is 30.9 Å². The first-order valence-electron chi connectivity index (χ1n) is 5.57. The molecule has 1 aliphatic heterocycles. The fourth-order valence-corrected chi connectivity index (χ4v) is 2.37. The third-order valence-corrected chi connectivity index (χ3v) is 3.37. The van der Waals surface area contributed by atoms with Gasteiger partial charge in [-0.2, -0.15) is 0 Å². The number of halogens is 4. The average Bonchev–Trinajstić information content (AvgIpc) is 2.28. The van der Waals surface area contributed by atoms with Gasteiger partial charge in [0.15, 0.2) is 0 Å². The van der Waals surface area contributed by atoms with Gasteiger partial charge in [0.25, 0.3) is 0 Å². The highest BCUT2D eigenvalue weighted by molar-refractivity contribution is 6.30. The van der Waals surface area contributed by atoms with E-state index in [-0.39, 0.29) is 28.9 Å². The van der Waals surface area contributed by atoms with Gasteiger partial charge in [-0.3, -0.25) is 0 Å². The van der Waals surface area contributed by atoms with Crippen LogP contribution in [0.4, 0.5) is 8.78 Å². The van der Waals surface area contributed by atoms with Crippen LogP contribution in [0.3, 0.4) is 0 Å². The van der Waals surface area contributed by atoms with Crippen molar-refractivity contribution in [2.45, 2.75) is 18.9 Å². The smallest absolute Gasteiger partial charge is 0.132 e. The molecule has 1 saturated heterocycles. The molecule has 1 fully saturated rings. The SMILES string of the molecule is Cl.N[C@@H](c1c(F)cc(Cl)cc1F)C1CCOCC1. The lowest BCUT2D eigenvalue weighted by atomic mass is 9.87. The van der Waals surface area contributed by atoms with E-state index in [2.05, 4.69) is 0 Å². The van der Waals surface area contributed by atoms with Crippen molar-refractivity contribution >= 4 is 24.0 Å². The van der Waals surface area contributed by atoms with E-state index in [9.17, 15) is 8.78 Å². The van der Waals surface area contributed by atoms with Gasteiger partial charge >= 0.3 is 0 Å². The number of hydrogen-bond donors (Lipinski definition) is 1. The fourth-order valence-electron chi connectivity index (χ4n) is 2.18. The predicted octanol–water partition coefficient (Wildman–Crippen LogP) is 3.47. The van der Waals surface area contributed by atoms with Crippen molar-refractivity contribution in [1.29, 1.82) is 0 Å². The Morgan fingerprint density at radius 1 is 1.22 bits per heavy atom. The summed E-state index contributed by atoms with van der Waals surface area (Å²) < 4.78 is 32.6. The lowest BCUT2D eigenvalue weighted by Gasteiger charge is -2.28. The van der Waals surface area contributed by atoms with Gasteiger partial charge in [0, 0.05) is 29.8 Å². The van der Waals surface area contributed by atoms with E-state index in [0.717, 1.165) is 25.0 Å². The Bertz CT molecular complexity index is 388. The zero-order chi connectivity index (χ0) is 12.4. The van der Waals surface area contributed by atoms with Crippen LogP contribution in [0.15, 0.2) is 12.1 Å². The zero-order valence-electron chi connectivity index (χ0n) is 9.67. The summed E-state index contributed by atoms with van der Waals surface area (Å²) >= 11 is 5.57. The van der Waals surface area contributed by atoms with Crippen molar-refractivity contribution in [1.82, 2.24) is 0 Å². The molecule has 1 aliphatic rings. The van der Waals surface area contributed by atoms with Gasteiger partial charge in [0.1, 0.15) is 11.6 Å². The first-order chi connectivity index (χ1) is 8.09. The van der Waals surface area contributed by atoms with Crippen molar-refractivity contribution in [3.63, 3.8) is 0 Å². The topological polar surface area (TPSA) is 35.2 Å². The molecule has 1 atom stereocenters. The molecule has 0 bridgehead atoms. The molecule has 0 amide bonds. The molecule has 6 heteroatoms. The molecule has 0 saturated carbocycles. The molecule has 2 nitrogen and oxygen atoms in total. The minimum atomic E-state index is -0.672. The lowest BCUT2D eigenvalue weighted by molar-refractivity contribution is 0.0576. The Kier molecular flexibility index (Phi) is 5.79. The molecule has 1 heterocycles. The Balaban J connectivity index is 0.00000162. The molecule has 2 N–H and O–H groups in total. The third-order valence-electron chi connectivity index (χ3n) is 3.15. The molecule has 0 spiro atoms. The third kappa shape index (κ3) is 3.32. The molecule has 0 aromatic heterocycles. The highest BCUT2D eigenvalue weighted by atomic mass is 35.5. The van der Waals surface area contributed by atoms with Gasteiger partial charge in [-0.25, -0.2) is 8.78 Å². The monoisotopic (exact) mass is 297 g/mol. The Morgan fingerprint density at radius 2 is 1.72 bits per heavy atom. The second-order valence-electron chi connectivity index (χ2n) is 4.26. The van der Waals surface area contributed by atoms with Crippen molar-refractivity contribution in [2.75, 3.05) is 13.2 Å². The molecule has 1 aromatic carbocycles. The highest BCUT2D eigenvalue weighted by Crippen LogP contribution is 2.32. The van der Waals surface area contributed by atoms with E-state index >= 15 is 0 Å². The molecule has 0 radical (unpaired) electrons. The maximum Gasteiger partial charge on any atom is 0.132 e. The van der Waals surface area contributed by atoms with E-state index in [0.29, 0.717) is 13.2 Å². The largest absolute Gasteiger partial charge is 0.381 e. The fraction of sp³-hybridized carbons (Fsp3) is 0.500. The summed E-state index contributed by atoms with van der Waals surface area (Å²) in [5, 5.41) is 0.0444. The summed E-state index contributed by atoms with van der Waals surface area (Å²) in [4.78, 5) is 0. The predicted molar refractivity (Wildman–Crippen MR) is 69.1 cm³/mol. The molecular formula is C12H15Cl2F2NO. The molecule has 2 rings (SSSR count). The van der Waals surface area contributed by atoms with E-state index in [4.69, 9.17) is 22.1 Å². The van der Waals surface area contributed by atoms with Gasteiger partial charge in [0.2, 0.25) is 0 Å². The van der Waals surface area contributed by atoms with Crippen LogP contribution >= 0.6 is 24.0 Å². The van der Waals surface area contributed by atoms with Gasteiger partial charge < -0.3 is 10.5 Å². The first kappa shape index (κ1) is 15.6. The van der Waals surface area contributed by atoms with Crippen LogP contribution in [0.5, 0.6) is 0 Å².